The molecule has 20 heavy (non-hydrogen) atoms. The summed E-state index contributed by atoms with van der Waals surface area (Å²) in [6.07, 6.45) is 0.828. The second kappa shape index (κ2) is 6.21. The fraction of sp³-hybridized carbons (Fsp3) is 0.545. The average molecular weight is 304 g/mol. The van der Waals surface area contributed by atoms with E-state index in [1.807, 2.05) is 0 Å². The van der Waals surface area contributed by atoms with E-state index in [0.29, 0.717) is 17.7 Å². The highest BCUT2D eigenvalue weighted by Gasteiger charge is 2.15. The quantitative estimate of drug-likeness (QED) is 0.712. The van der Waals surface area contributed by atoms with Crippen LogP contribution in [0.25, 0.3) is 11.2 Å². The van der Waals surface area contributed by atoms with Crippen LogP contribution in [-0.4, -0.2) is 43.5 Å². The van der Waals surface area contributed by atoms with Gasteiger partial charge in [0.05, 0.1) is 19.0 Å². The molecule has 9 heteroatoms. The van der Waals surface area contributed by atoms with Crippen LogP contribution in [0.4, 0.5) is 0 Å². The van der Waals surface area contributed by atoms with Crippen molar-refractivity contribution in [2.45, 2.75) is 12.6 Å². The molecule has 1 atom stereocenters. The van der Waals surface area contributed by atoms with Crippen molar-refractivity contribution in [1.82, 2.24) is 24.0 Å². The van der Waals surface area contributed by atoms with Crippen LogP contribution in [0.3, 0.4) is 0 Å². The normalized spacial score (nSPS) is 12.4. The number of rotatable bonds is 4. The van der Waals surface area contributed by atoms with E-state index in [4.69, 9.17) is 0 Å². The Hall–Kier alpha value is -1.64. The Morgan fingerprint density at radius 1 is 1.35 bits per heavy atom. The fourth-order valence-corrected chi connectivity index (χ4v) is 2.06. The summed E-state index contributed by atoms with van der Waals surface area (Å²) in [5.74, 6) is 0. The number of aliphatic hydroxyl groups is 1. The zero-order chi connectivity index (χ0) is 14.2. The largest absolute Gasteiger partial charge is 0.390 e. The molecular formula is C11H18ClN5O3. The molecule has 1 unspecified atom stereocenters. The highest BCUT2D eigenvalue weighted by molar-refractivity contribution is 5.85. The lowest BCUT2D eigenvalue weighted by Gasteiger charge is -2.11. The Labute approximate surface area is 121 Å². The SMILES string of the molecule is CNCC(O)Cn1cnc2c1c(=O)n(C)c(=O)n2C.Cl. The Morgan fingerprint density at radius 2 is 2.00 bits per heavy atom. The van der Waals surface area contributed by atoms with Gasteiger partial charge in [0.15, 0.2) is 11.2 Å². The van der Waals surface area contributed by atoms with Gasteiger partial charge < -0.3 is 15.0 Å². The first kappa shape index (κ1) is 16.4. The number of fused-ring (bicyclic) bond motifs is 1. The lowest BCUT2D eigenvalue weighted by atomic mass is 10.3. The molecule has 0 spiro atoms. The molecule has 0 saturated carbocycles. The second-order valence-electron chi connectivity index (χ2n) is 4.49. The summed E-state index contributed by atoms with van der Waals surface area (Å²) in [6.45, 7) is 0.649. The zero-order valence-corrected chi connectivity index (χ0v) is 12.3. The van der Waals surface area contributed by atoms with Crippen molar-refractivity contribution in [1.29, 1.82) is 0 Å². The van der Waals surface area contributed by atoms with Crippen LogP contribution in [0.1, 0.15) is 0 Å². The van der Waals surface area contributed by atoms with Gasteiger partial charge in [-0.05, 0) is 7.05 Å². The first-order chi connectivity index (χ1) is 8.97. The number of imidazole rings is 1. The average Bonchev–Trinajstić information content (AvgIpc) is 2.78. The van der Waals surface area contributed by atoms with Gasteiger partial charge in [0.2, 0.25) is 0 Å². The second-order valence-corrected chi connectivity index (χ2v) is 4.49. The van der Waals surface area contributed by atoms with Gasteiger partial charge in [-0.25, -0.2) is 9.78 Å². The van der Waals surface area contributed by atoms with Gasteiger partial charge in [-0.3, -0.25) is 13.9 Å². The lowest BCUT2D eigenvalue weighted by Crippen LogP contribution is -2.38. The summed E-state index contributed by atoms with van der Waals surface area (Å²) in [7, 11) is 4.72. The monoisotopic (exact) mass is 303 g/mol. The van der Waals surface area contributed by atoms with Crippen LogP contribution in [0.5, 0.6) is 0 Å². The topological polar surface area (TPSA) is 94.1 Å². The molecule has 0 aromatic carbocycles. The van der Waals surface area contributed by atoms with E-state index in [0.717, 1.165) is 4.57 Å². The molecule has 0 radical (unpaired) electrons. The van der Waals surface area contributed by atoms with Crippen molar-refractivity contribution in [2.75, 3.05) is 13.6 Å². The molecule has 0 saturated heterocycles. The number of aliphatic hydroxyl groups excluding tert-OH is 1. The number of aromatic nitrogens is 4. The molecule has 0 bridgehead atoms. The molecule has 0 aliphatic heterocycles. The molecule has 0 aliphatic carbocycles. The van der Waals surface area contributed by atoms with Crippen LogP contribution in [0.15, 0.2) is 15.9 Å². The van der Waals surface area contributed by atoms with E-state index in [1.165, 1.54) is 17.9 Å². The Balaban J connectivity index is 0.00000200. The number of nitrogens with one attached hydrogen (secondary N) is 1. The standard InChI is InChI=1S/C11H17N5O3.ClH/c1-12-4-7(17)5-16-6-13-9-8(16)10(18)15(3)11(19)14(9)2;/h6-7,12,17H,4-5H2,1-3H3;1H. The van der Waals surface area contributed by atoms with Gasteiger partial charge in [-0.15, -0.1) is 12.4 Å². The summed E-state index contributed by atoms with van der Waals surface area (Å²) in [5.41, 5.74) is -0.185. The van der Waals surface area contributed by atoms with E-state index < -0.39 is 17.4 Å². The van der Waals surface area contributed by atoms with E-state index in [2.05, 4.69) is 10.3 Å². The minimum Gasteiger partial charge on any atom is -0.390 e. The van der Waals surface area contributed by atoms with Crippen molar-refractivity contribution in [3.05, 3.63) is 27.2 Å². The highest BCUT2D eigenvalue weighted by Crippen LogP contribution is 2.06. The maximum atomic E-state index is 12.1. The molecule has 2 heterocycles. The maximum Gasteiger partial charge on any atom is 0.332 e. The Bertz CT molecular complexity index is 717. The number of nitrogens with zero attached hydrogens (tertiary/aromatic N) is 4. The summed E-state index contributed by atoms with van der Waals surface area (Å²) in [6, 6.07) is 0. The number of likely N-dealkylation sites (N-methyl/N-ethyl adjacent to an activating group) is 1. The smallest absolute Gasteiger partial charge is 0.332 e. The fourth-order valence-electron chi connectivity index (χ4n) is 2.06. The molecule has 2 rings (SSSR count). The van der Waals surface area contributed by atoms with Crippen LogP contribution in [0, 0.1) is 0 Å². The summed E-state index contributed by atoms with van der Waals surface area (Å²) in [5, 5.41) is 12.6. The number of halogens is 1. The van der Waals surface area contributed by atoms with Crippen molar-refractivity contribution in [3.63, 3.8) is 0 Å². The van der Waals surface area contributed by atoms with Crippen LogP contribution in [-0.2, 0) is 20.6 Å². The third kappa shape index (κ3) is 2.62. The number of hydrogen-bond donors (Lipinski definition) is 2. The molecule has 8 nitrogen and oxygen atoms in total. The van der Waals surface area contributed by atoms with Gasteiger partial charge >= 0.3 is 5.69 Å². The summed E-state index contributed by atoms with van der Waals surface area (Å²) in [4.78, 5) is 27.9. The lowest BCUT2D eigenvalue weighted by molar-refractivity contribution is 0.155. The van der Waals surface area contributed by atoms with E-state index >= 15 is 0 Å². The first-order valence-electron chi connectivity index (χ1n) is 5.91. The van der Waals surface area contributed by atoms with Crippen LogP contribution in [0.2, 0.25) is 0 Å². The van der Waals surface area contributed by atoms with Crippen molar-refractivity contribution >= 4 is 23.6 Å². The van der Waals surface area contributed by atoms with Crippen molar-refractivity contribution in [2.24, 2.45) is 14.1 Å². The van der Waals surface area contributed by atoms with Gasteiger partial charge in [0, 0.05) is 20.6 Å². The highest BCUT2D eigenvalue weighted by atomic mass is 35.5. The molecule has 2 aromatic rings. The minimum atomic E-state index is -0.635. The van der Waals surface area contributed by atoms with Crippen LogP contribution < -0.4 is 16.6 Å². The Kier molecular flexibility index (Phi) is 5.09. The van der Waals surface area contributed by atoms with Gasteiger partial charge in [-0.1, -0.05) is 0 Å². The molecular weight excluding hydrogens is 286 g/mol. The number of aryl methyl sites for hydroxylation is 1. The van der Waals surface area contributed by atoms with Gasteiger partial charge in [0.25, 0.3) is 5.56 Å². The number of hydrogen-bond acceptors (Lipinski definition) is 5. The predicted octanol–water partition coefficient (Wildman–Crippen LogP) is -1.56. The van der Waals surface area contributed by atoms with Crippen molar-refractivity contribution in [3.8, 4) is 0 Å². The summed E-state index contributed by atoms with van der Waals surface area (Å²) >= 11 is 0. The van der Waals surface area contributed by atoms with Gasteiger partial charge in [-0.2, -0.15) is 0 Å². The van der Waals surface area contributed by atoms with Crippen LogP contribution >= 0.6 is 12.4 Å². The third-order valence-electron chi connectivity index (χ3n) is 3.06. The first-order valence-corrected chi connectivity index (χ1v) is 5.91. The molecule has 0 fully saturated rings. The molecule has 0 aliphatic rings. The third-order valence-corrected chi connectivity index (χ3v) is 3.06. The minimum absolute atomic E-state index is 0. The zero-order valence-electron chi connectivity index (χ0n) is 11.5. The molecule has 112 valence electrons. The van der Waals surface area contributed by atoms with Gasteiger partial charge in [0.1, 0.15) is 0 Å². The van der Waals surface area contributed by atoms with E-state index in [9.17, 15) is 14.7 Å². The Morgan fingerprint density at radius 3 is 2.60 bits per heavy atom. The van der Waals surface area contributed by atoms with E-state index in [-0.39, 0.29) is 19.0 Å². The molecule has 0 amide bonds. The predicted molar refractivity (Wildman–Crippen MR) is 77.4 cm³/mol. The van der Waals surface area contributed by atoms with Crippen molar-refractivity contribution < 1.29 is 5.11 Å². The molecule has 2 N–H and O–H groups in total. The maximum absolute atomic E-state index is 12.1. The molecule has 2 aromatic heterocycles. The van der Waals surface area contributed by atoms with E-state index in [1.54, 1.807) is 18.7 Å². The summed E-state index contributed by atoms with van der Waals surface area (Å²) < 4.78 is 3.92.